The molecule has 0 spiro atoms. The first kappa shape index (κ1) is 11.8. The van der Waals surface area contributed by atoms with E-state index in [1.807, 2.05) is 35.3 Å². The van der Waals surface area contributed by atoms with Crippen LogP contribution in [0.4, 0.5) is 0 Å². The Hall–Kier alpha value is -1.68. The maximum absolute atomic E-state index is 11.2. The number of hydrogen-bond donors (Lipinski definition) is 0. The van der Waals surface area contributed by atoms with Crippen molar-refractivity contribution in [3.63, 3.8) is 0 Å². The number of ether oxygens (including phenoxy) is 1. The highest BCUT2D eigenvalue weighted by atomic mass is 32.1. The number of esters is 1. The molecule has 0 aliphatic heterocycles. The Morgan fingerprint density at radius 1 is 1.35 bits per heavy atom. The molecule has 0 amide bonds. The predicted molar refractivity (Wildman–Crippen MR) is 66.7 cm³/mol. The van der Waals surface area contributed by atoms with E-state index < -0.39 is 0 Å². The van der Waals surface area contributed by atoms with E-state index in [4.69, 9.17) is 0 Å². The molecule has 1 aromatic heterocycles. The van der Waals surface area contributed by atoms with Gasteiger partial charge in [-0.05, 0) is 5.56 Å². The molecular formula is C13H14NO2S+. The zero-order valence-corrected chi connectivity index (χ0v) is 10.7. The highest BCUT2D eigenvalue weighted by Gasteiger charge is 2.18. The lowest BCUT2D eigenvalue weighted by Gasteiger charge is -1.92. The van der Waals surface area contributed by atoms with Gasteiger partial charge in [0.05, 0.1) is 7.11 Å². The van der Waals surface area contributed by atoms with Crippen LogP contribution in [0.5, 0.6) is 0 Å². The maximum atomic E-state index is 11.2. The number of hydrogen-bond acceptors (Lipinski definition) is 3. The van der Waals surface area contributed by atoms with Crippen LogP contribution in [0.1, 0.15) is 5.69 Å². The molecule has 0 unspecified atom stereocenters. The van der Waals surface area contributed by atoms with E-state index in [-0.39, 0.29) is 5.97 Å². The zero-order valence-electron chi connectivity index (χ0n) is 9.84. The smallest absolute Gasteiger partial charge is 0.316 e. The summed E-state index contributed by atoms with van der Waals surface area (Å²) in [6.07, 6.45) is 0.316. The number of carbonyl (C=O) groups excluding carboxylic acids is 1. The van der Waals surface area contributed by atoms with Crippen molar-refractivity contribution < 1.29 is 13.5 Å². The molecule has 88 valence electrons. The lowest BCUT2D eigenvalue weighted by molar-refractivity contribution is -0.608. The van der Waals surface area contributed by atoms with Crippen molar-refractivity contribution in [3.8, 4) is 10.4 Å². The van der Waals surface area contributed by atoms with Gasteiger partial charge in [-0.3, -0.25) is 4.79 Å². The van der Waals surface area contributed by atoms with Gasteiger partial charge >= 0.3 is 5.97 Å². The predicted octanol–water partition coefficient (Wildman–Crippen LogP) is 1.96. The normalized spacial score (nSPS) is 10.2. The van der Waals surface area contributed by atoms with Gasteiger partial charge in [0, 0.05) is 6.07 Å². The van der Waals surface area contributed by atoms with Crippen molar-refractivity contribution in [2.75, 3.05) is 7.11 Å². The van der Waals surface area contributed by atoms with Crippen LogP contribution in [-0.2, 0) is 23.0 Å². The molecule has 1 heterocycles. The van der Waals surface area contributed by atoms with Crippen LogP contribution in [0, 0.1) is 0 Å². The number of nitrogens with zero attached hydrogens (tertiary/aromatic N) is 1. The molecule has 4 heteroatoms. The fourth-order valence-corrected chi connectivity index (χ4v) is 2.56. The highest BCUT2D eigenvalue weighted by molar-refractivity contribution is 7.05. The van der Waals surface area contributed by atoms with Crippen molar-refractivity contribution in [2.24, 2.45) is 7.05 Å². The molecule has 0 saturated carbocycles. The van der Waals surface area contributed by atoms with Gasteiger partial charge in [0.2, 0.25) is 5.69 Å². The van der Waals surface area contributed by atoms with Gasteiger partial charge in [0.1, 0.15) is 22.8 Å². The van der Waals surface area contributed by atoms with E-state index in [1.165, 1.54) is 12.7 Å². The van der Waals surface area contributed by atoms with Gasteiger partial charge in [0.15, 0.2) is 7.05 Å². The lowest BCUT2D eigenvalue weighted by atomic mass is 10.2. The summed E-state index contributed by atoms with van der Waals surface area (Å²) < 4.78 is 6.68. The molecule has 1 aromatic carbocycles. The summed E-state index contributed by atoms with van der Waals surface area (Å²) in [5.74, 6) is -0.210. The number of carbonyl (C=O) groups is 1. The first-order chi connectivity index (χ1) is 8.20. The standard InChI is InChI=1S/C13H14NO2S/c1-14-11(9-13(15)16-2)8-12(17-14)10-6-4-3-5-7-10/h3-8H,9H2,1-2H3/q+1. The lowest BCUT2D eigenvalue weighted by Crippen LogP contribution is -2.28. The Morgan fingerprint density at radius 3 is 2.71 bits per heavy atom. The van der Waals surface area contributed by atoms with Crippen LogP contribution < -0.4 is 3.96 Å². The molecular weight excluding hydrogens is 234 g/mol. The van der Waals surface area contributed by atoms with E-state index in [2.05, 4.69) is 16.9 Å². The molecule has 17 heavy (non-hydrogen) atoms. The van der Waals surface area contributed by atoms with E-state index in [9.17, 15) is 4.79 Å². The van der Waals surface area contributed by atoms with Crippen molar-refractivity contribution in [3.05, 3.63) is 42.1 Å². The molecule has 3 nitrogen and oxygen atoms in total. The molecule has 0 bridgehead atoms. The van der Waals surface area contributed by atoms with Crippen LogP contribution >= 0.6 is 11.5 Å². The zero-order chi connectivity index (χ0) is 12.3. The number of benzene rings is 1. The molecule has 0 atom stereocenters. The van der Waals surface area contributed by atoms with Gasteiger partial charge in [-0.2, -0.15) is 0 Å². The highest BCUT2D eigenvalue weighted by Crippen LogP contribution is 2.23. The number of aromatic nitrogens is 1. The number of aryl methyl sites for hydroxylation is 1. The molecule has 0 N–H and O–H groups in total. The molecule has 0 fully saturated rings. The summed E-state index contributed by atoms with van der Waals surface area (Å²) in [7, 11) is 3.36. The molecule has 0 radical (unpaired) electrons. The molecule has 0 saturated heterocycles. The monoisotopic (exact) mass is 248 g/mol. The SMILES string of the molecule is COC(=O)Cc1cc(-c2ccccc2)s[n+]1C. The first-order valence-corrected chi connectivity index (χ1v) is 6.09. The summed E-state index contributed by atoms with van der Waals surface area (Å²) in [6, 6.07) is 12.2. The van der Waals surface area contributed by atoms with Crippen LogP contribution in [0.3, 0.4) is 0 Å². The van der Waals surface area contributed by atoms with Gasteiger partial charge in [-0.1, -0.05) is 30.3 Å². The molecule has 2 aromatic rings. The molecule has 0 aliphatic carbocycles. The van der Waals surface area contributed by atoms with Gasteiger partial charge in [-0.25, -0.2) is 0 Å². The second-order valence-electron chi connectivity index (χ2n) is 3.71. The van der Waals surface area contributed by atoms with Gasteiger partial charge in [-0.15, -0.1) is 3.96 Å². The van der Waals surface area contributed by atoms with Crippen molar-refractivity contribution in [2.45, 2.75) is 6.42 Å². The van der Waals surface area contributed by atoms with Crippen LogP contribution in [0.2, 0.25) is 0 Å². The Morgan fingerprint density at radius 2 is 2.06 bits per heavy atom. The Bertz CT molecular complexity index is 519. The second kappa shape index (κ2) is 5.10. The number of rotatable bonds is 3. The summed E-state index contributed by atoms with van der Waals surface area (Å²) >= 11 is 1.63. The van der Waals surface area contributed by atoms with E-state index in [0.717, 1.165) is 10.6 Å². The summed E-state index contributed by atoms with van der Waals surface area (Å²) in [6.45, 7) is 0. The molecule has 0 aliphatic rings. The average Bonchev–Trinajstić information content (AvgIpc) is 2.72. The quantitative estimate of drug-likeness (QED) is 0.614. The maximum Gasteiger partial charge on any atom is 0.316 e. The fraction of sp³-hybridized carbons (Fsp3) is 0.231. The summed E-state index contributed by atoms with van der Waals surface area (Å²) in [4.78, 5) is 12.4. The Kier molecular flexibility index (Phi) is 3.54. The van der Waals surface area contributed by atoms with Crippen molar-refractivity contribution in [1.29, 1.82) is 0 Å². The van der Waals surface area contributed by atoms with E-state index in [1.54, 1.807) is 11.5 Å². The third-order valence-electron chi connectivity index (χ3n) is 2.55. The van der Waals surface area contributed by atoms with Crippen LogP contribution in [0.15, 0.2) is 36.4 Å². The van der Waals surface area contributed by atoms with Gasteiger partial charge in [0.25, 0.3) is 0 Å². The van der Waals surface area contributed by atoms with Crippen molar-refractivity contribution in [1.82, 2.24) is 0 Å². The summed E-state index contributed by atoms with van der Waals surface area (Å²) in [5.41, 5.74) is 2.14. The minimum atomic E-state index is -0.210. The van der Waals surface area contributed by atoms with Crippen molar-refractivity contribution >= 4 is 17.5 Å². The summed E-state index contributed by atoms with van der Waals surface area (Å²) in [5, 5.41) is 0. The van der Waals surface area contributed by atoms with Crippen LogP contribution in [-0.4, -0.2) is 13.1 Å². The minimum absolute atomic E-state index is 0.210. The average molecular weight is 248 g/mol. The minimum Gasteiger partial charge on any atom is -0.469 e. The largest absolute Gasteiger partial charge is 0.469 e. The van der Waals surface area contributed by atoms with E-state index in [0.29, 0.717) is 6.42 Å². The molecule has 2 rings (SSSR count). The number of methoxy groups -OCH3 is 1. The Balaban J connectivity index is 2.28. The van der Waals surface area contributed by atoms with Gasteiger partial charge < -0.3 is 4.74 Å². The second-order valence-corrected chi connectivity index (χ2v) is 4.88. The first-order valence-electron chi connectivity index (χ1n) is 5.32. The topological polar surface area (TPSA) is 30.2 Å². The third kappa shape index (κ3) is 2.71. The third-order valence-corrected chi connectivity index (χ3v) is 3.61. The fourth-order valence-electron chi connectivity index (χ4n) is 1.60. The van der Waals surface area contributed by atoms with E-state index >= 15 is 0 Å². The Labute approximate surface area is 104 Å². The van der Waals surface area contributed by atoms with Crippen LogP contribution in [0.25, 0.3) is 10.4 Å².